The van der Waals surface area contributed by atoms with Gasteiger partial charge < -0.3 is 14.2 Å². The Kier molecular flexibility index (Phi) is 7.60. The Labute approximate surface area is 242 Å². The summed E-state index contributed by atoms with van der Waals surface area (Å²) in [4.78, 5) is 27.4. The average Bonchev–Trinajstić information content (AvgIpc) is 3.27. The van der Waals surface area contributed by atoms with Crippen molar-refractivity contribution in [3.63, 3.8) is 0 Å². The number of hydrogen-bond acceptors (Lipinski definition) is 6. The molecule has 7 heteroatoms. The second-order valence-corrected chi connectivity index (χ2v) is 10.5. The molecule has 1 saturated heterocycles. The molecule has 41 heavy (non-hydrogen) atoms. The van der Waals surface area contributed by atoms with Crippen LogP contribution in [0.4, 0.5) is 4.79 Å². The Morgan fingerprint density at radius 3 is 2.24 bits per heavy atom. The van der Waals surface area contributed by atoms with Gasteiger partial charge in [0.05, 0.1) is 18.6 Å². The maximum Gasteiger partial charge on any atom is 0.293 e. The van der Waals surface area contributed by atoms with Crippen molar-refractivity contribution < 1.29 is 23.8 Å². The SMILES string of the molecule is COc1ccc(/C=C2\SC(=O)N(CCOc3cccc4ccccc34)C2=O)cc1OCc1cccc2ccccc12. The van der Waals surface area contributed by atoms with Crippen molar-refractivity contribution in [3.8, 4) is 17.2 Å². The topological polar surface area (TPSA) is 65.1 Å². The van der Waals surface area contributed by atoms with E-state index in [1.165, 1.54) is 4.90 Å². The molecule has 6 nitrogen and oxygen atoms in total. The molecule has 1 heterocycles. The van der Waals surface area contributed by atoms with Crippen molar-refractivity contribution in [2.24, 2.45) is 0 Å². The van der Waals surface area contributed by atoms with Crippen molar-refractivity contribution >= 4 is 50.5 Å². The number of imide groups is 1. The molecule has 0 aromatic heterocycles. The van der Waals surface area contributed by atoms with Gasteiger partial charge in [0.2, 0.25) is 0 Å². The predicted molar refractivity (Wildman–Crippen MR) is 163 cm³/mol. The third-order valence-electron chi connectivity index (χ3n) is 6.94. The Bertz CT molecular complexity index is 1790. The lowest BCUT2D eigenvalue weighted by molar-refractivity contribution is -0.123. The molecule has 0 aliphatic carbocycles. The smallest absolute Gasteiger partial charge is 0.293 e. The van der Waals surface area contributed by atoms with Crippen LogP contribution >= 0.6 is 11.8 Å². The Balaban J connectivity index is 1.14. The van der Waals surface area contributed by atoms with Gasteiger partial charge in [-0.05, 0) is 63.3 Å². The monoisotopic (exact) mass is 561 g/mol. The molecular formula is C34H27NO5S. The lowest BCUT2D eigenvalue weighted by Gasteiger charge is -2.14. The van der Waals surface area contributed by atoms with E-state index in [-0.39, 0.29) is 24.3 Å². The number of benzene rings is 5. The molecule has 5 aromatic rings. The zero-order chi connectivity index (χ0) is 28.2. The van der Waals surface area contributed by atoms with E-state index in [0.717, 1.165) is 50.2 Å². The van der Waals surface area contributed by atoms with Gasteiger partial charge in [-0.15, -0.1) is 0 Å². The van der Waals surface area contributed by atoms with Gasteiger partial charge in [-0.2, -0.15) is 0 Å². The highest BCUT2D eigenvalue weighted by Crippen LogP contribution is 2.35. The second kappa shape index (κ2) is 11.8. The maximum atomic E-state index is 13.1. The van der Waals surface area contributed by atoms with Crippen LogP contribution in [-0.2, 0) is 11.4 Å². The molecule has 1 aliphatic rings. The van der Waals surface area contributed by atoms with E-state index in [9.17, 15) is 9.59 Å². The van der Waals surface area contributed by atoms with E-state index < -0.39 is 0 Å². The van der Waals surface area contributed by atoms with E-state index in [0.29, 0.717) is 23.0 Å². The number of rotatable bonds is 9. The fraction of sp³-hybridized carbons (Fsp3) is 0.118. The van der Waals surface area contributed by atoms with Crippen LogP contribution < -0.4 is 14.2 Å². The average molecular weight is 562 g/mol. The third-order valence-corrected chi connectivity index (χ3v) is 7.85. The number of carbonyl (C=O) groups is 2. The summed E-state index contributed by atoms with van der Waals surface area (Å²) in [6.45, 7) is 0.718. The first kappa shape index (κ1) is 26.5. The highest BCUT2D eigenvalue weighted by molar-refractivity contribution is 8.18. The molecule has 0 N–H and O–H groups in total. The summed E-state index contributed by atoms with van der Waals surface area (Å²) in [7, 11) is 1.59. The van der Waals surface area contributed by atoms with Crippen LogP contribution in [0.25, 0.3) is 27.6 Å². The van der Waals surface area contributed by atoms with Gasteiger partial charge in [-0.1, -0.05) is 84.9 Å². The van der Waals surface area contributed by atoms with Gasteiger partial charge in [0.25, 0.3) is 11.1 Å². The van der Waals surface area contributed by atoms with Crippen LogP contribution in [-0.4, -0.2) is 36.3 Å². The number of amides is 2. The molecule has 0 radical (unpaired) electrons. The second-order valence-electron chi connectivity index (χ2n) is 9.50. The van der Waals surface area contributed by atoms with E-state index >= 15 is 0 Å². The number of fused-ring (bicyclic) bond motifs is 2. The summed E-state index contributed by atoms with van der Waals surface area (Å²) >= 11 is 0.924. The fourth-order valence-electron chi connectivity index (χ4n) is 4.88. The van der Waals surface area contributed by atoms with E-state index in [1.807, 2.05) is 78.9 Å². The van der Waals surface area contributed by atoms with Gasteiger partial charge in [0, 0.05) is 5.39 Å². The molecule has 5 aromatic carbocycles. The summed E-state index contributed by atoms with van der Waals surface area (Å²) < 4.78 is 17.7. The largest absolute Gasteiger partial charge is 0.493 e. The van der Waals surface area contributed by atoms with Crippen molar-refractivity contribution in [3.05, 3.63) is 119 Å². The van der Waals surface area contributed by atoms with Gasteiger partial charge in [0.15, 0.2) is 11.5 Å². The fourth-order valence-corrected chi connectivity index (χ4v) is 5.75. The number of ether oxygens (including phenoxy) is 3. The van der Waals surface area contributed by atoms with Gasteiger partial charge in [-0.3, -0.25) is 14.5 Å². The zero-order valence-electron chi connectivity index (χ0n) is 22.4. The van der Waals surface area contributed by atoms with Crippen molar-refractivity contribution in [1.29, 1.82) is 0 Å². The Hall–Kier alpha value is -4.75. The zero-order valence-corrected chi connectivity index (χ0v) is 23.2. The highest BCUT2D eigenvalue weighted by Gasteiger charge is 2.34. The number of hydrogen-bond donors (Lipinski definition) is 0. The molecule has 6 rings (SSSR count). The van der Waals surface area contributed by atoms with Crippen molar-refractivity contribution in [2.45, 2.75) is 6.61 Å². The normalized spacial score (nSPS) is 14.3. The van der Waals surface area contributed by atoms with Crippen LogP contribution in [0.2, 0.25) is 0 Å². The van der Waals surface area contributed by atoms with Gasteiger partial charge in [0.1, 0.15) is 19.0 Å². The summed E-state index contributed by atoms with van der Waals surface area (Å²) in [5.41, 5.74) is 1.79. The van der Waals surface area contributed by atoms with E-state index in [2.05, 4.69) is 18.2 Å². The van der Waals surface area contributed by atoms with Crippen LogP contribution in [0.5, 0.6) is 17.2 Å². The molecule has 0 saturated carbocycles. The van der Waals surface area contributed by atoms with Crippen LogP contribution in [0, 0.1) is 0 Å². The predicted octanol–water partition coefficient (Wildman–Crippen LogP) is 7.70. The molecule has 1 aliphatic heterocycles. The molecule has 0 bridgehead atoms. The maximum absolute atomic E-state index is 13.1. The Morgan fingerprint density at radius 2 is 1.44 bits per heavy atom. The van der Waals surface area contributed by atoms with Crippen LogP contribution in [0.1, 0.15) is 11.1 Å². The summed E-state index contributed by atoms with van der Waals surface area (Å²) in [5.74, 6) is 1.52. The number of nitrogens with zero attached hydrogens (tertiary/aromatic N) is 1. The number of methoxy groups -OCH3 is 1. The summed E-state index contributed by atoms with van der Waals surface area (Å²) in [6.07, 6.45) is 1.71. The van der Waals surface area contributed by atoms with Crippen molar-refractivity contribution in [1.82, 2.24) is 4.90 Å². The first-order valence-corrected chi connectivity index (χ1v) is 14.1. The molecule has 204 valence electrons. The van der Waals surface area contributed by atoms with Crippen molar-refractivity contribution in [2.75, 3.05) is 20.3 Å². The number of carbonyl (C=O) groups excluding carboxylic acids is 2. The minimum atomic E-state index is -0.337. The van der Waals surface area contributed by atoms with E-state index in [1.54, 1.807) is 19.3 Å². The Morgan fingerprint density at radius 1 is 0.732 bits per heavy atom. The summed E-state index contributed by atoms with van der Waals surface area (Å²) in [6, 6.07) is 33.5. The molecule has 2 amide bonds. The standard InChI is InChI=1S/C34H27NO5S/c1-38-30-17-16-23(20-31(30)40-22-26-12-6-10-24-8-2-4-13-27(24)26)21-32-33(36)35(34(37)41-32)18-19-39-29-15-7-11-25-9-3-5-14-28(25)29/h2-17,20-21H,18-19,22H2,1H3/b32-21-. The lowest BCUT2D eigenvalue weighted by Crippen LogP contribution is -2.32. The first-order valence-electron chi connectivity index (χ1n) is 13.2. The minimum absolute atomic E-state index is 0.160. The quantitative estimate of drug-likeness (QED) is 0.172. The molecule has 0 spiro atoms. The molecule has 1 fully saturated rings. The lowest BCUT2D eigenvalue weighted by atomic mass is 10.1. The van der Waals surface area contributed by atoms with Gasteiger partial charge >= 0.3 is 0 Å². The first-order chi connectivity index (χ1) is 20.1. The third kappa shape index (κ3) is 5.62. The van der Waals surface area contributed by atoms with Crippen LogP contribution in [0.15, 0.2) is 108 Å². The minimum Gasteiger partial charge on any atom is -0.493 e. The molecular weight excluding hydrogens is 534 g/mol. The highest BCUT2D eigenvalue weighted by atomic mass is 32.2. The van der Waals surface area contributed by atoms with E-state index in [4.69, 9.17) is 14.2 Å². The molecule has 0 atom stereocenters. The van der Waals surface area contributed by atoms with Gasteiger partial charge in [-0.25, -0.2) is 0 Å². The van der Waals surface area contributed by atoms with Crippen LogP contribution in [0.3, 0.4) is 0 Å². The number of thioether (sulfide) groups is 1. The molecule has 0 unspecified atom stereocenters. The summed E-state index contributed by atoms with van der Waals surface area (Å²) in [5, 5.41) is 4.01.